The lowest BCUT2D eigenvalue weighted by Gasteiger charge is -2.14. The van der Waals surface area contributed by atoms with Gasteiger partial charge in [-0.1, -0.05) is 18.2 Å². The van der Waals surface area contributed by atoms with Crippen molar-refractivity contribution in [1.82, 2.24) is 15.3 Å². The van der Waals surface area contributed by atoms with E-state index in [9.17, 15) is 18.0 Å². The number of para-hydroxylation sites is 1. The van der Waals surface area contributed by atoms with Crippen molar-refractivity contribution in [2.24, 2.45) is 0 Å². The molecule has 1 aromatic carbocycles. The molecule has 0 fully saturated rings. The third-order valence-electron chi connectivity index (χ3n) is 5.75. The van der Waals surface area contributed by atoms with Crippen molar-refractivity contribution in [3.8, 4) is 0 Å². The number of nitrogen functional groups attached to an aromatic ring is 1. The van der Waals surface area contributed by atoms with Gasteiger partial charge in [-0.3, -0.25) is 4.79 Å². The van der Waals surface area contributed by atoms with E-state index >= 15 is 0 Å². The number of fused-ring (bicyclic) bond motifs is 3. The number of aryl methyl sites for hydroxylation is 1. The molecule has 1 aliphatic rings. The van der Waals surface area contributed by atoms with Crippen molar-refractivity contribution in [2.45, 2.75) is 31.9 Å². The second-order valence-corrected chi connectivity index (χ2v) is 8.65. The van der Waals surface area contributed by atoms with E-state index in [2.05, 4.69) is 15.3 Å². The fourth-order valence-electron chi connectivity index (χ4n) is 4.36. The Morgan fingerprint density at radius 1 is 1.26 bits per heavy atom. The molecule has 0 spiro atoms. The van der Waals surface area contributed by atoms with Gasteiger partial charge in [0.15, 0.2) is 0 Å². The Kier molecular flexibility index (Phi) is 4.65. The van der Waals surface area contributed by atoms with Crippen LogP contribution >= 0.6 is 11.3 Å². The second kappa shape index (κ2) is 7.26. The SMILES string of the molecule is Nc1c(C(=O)NCCc2c[nH]c3ccccc23)sc2nc3c(c(C(F)(F)F)c12)CCC3. The lowest BCUT2D eigenvalue weighted by atomic mass is 10.0. The fraction of sp³-hybridized carbons (Fsp3) is 0.273. The average molecular weight is 444 g/mol. The first kappa shape index (κ1) is 19.9. The number of nitrogens with one attached hydrogen (secondary N) is 2. The Balaban J connectivity index is 1.42. The predicted octanol–water partition coefficient (Wildman–Crippen LogP) is 4.84. The summed E-state index contributed by atoms with van der Waals surface area (Å²) >= 11 is 0.924. The topological polar surface area (TPSA) is 83.8 Å². The number of amides is 1. The number of thiophene rings is 1. The number of H-pyrrole nitrogens is 1. The first-order valence-electron chi connectivity index (χ1n) is 9.98. The van der Waals surface area contributed by atoms with Gasteiger partial charge >= 0.3 is 6.18 Å². The molecule has 31 heavy (non-hydrogen) atoms. The Morgan fingerprint density at radius 2 is 2.06 bits per heavy atom. The number of pyridine rings is 1. The van der Waals surface area contributed by atoms with E-state index in [1.807, 2.05) is 30.5 Å². The van der Waals surface area contributed by atoms with Crippen LogP contribution in [0.15, 0.2) is 30.5 Å². The molecule has 0 saturated carbocycles. The van der Waals surface area contributed by atoms with Crippen LogP contribution in [-0.4, -0.2) is 22.4 Å². The van der Waals surface area contributed by atoms with Gasteiger partial charge in [-0.15, -0.1) is 11.3 Å². The first-order valence-corrected chi connectivity index (χ1v) is 10.8. The van der Waals surface area contributed by atoms with E-state index in [0.717, 1.165) is 27.8 Å². The second-order valence-electron chi connectivity index (χ2n) is 7.65. The number of hydrogen-bond acceptors (Lipinski definition) is 4. The Hall–Kier alpha value is -3.07. The number of rotatable bonds is 4. The number of carbonyl (C=O) groups excluding carboxylic acids is 1. The number of carbonyl (C=O) groups is 1. The molecule has 3 aromatic heterocycles. The standard InChI is InChI=1S/C22H19F3N4OS/c23-22(24,25)17-13-5-3-7-15(13)29-21-16(17)18(26)19(31-21)20(30)27-9-8-11-10-28-14-6-2-1-4-12(11)14/h1-2,4,6,10,28H,3,5,7-9,26H2,(H,27,30). The highest BCUT2D eigenvalue weighted by molar-refractivity contribution is 7.21. The van der Waals surface area contributed by atoms with Crippen molar-refractivity contribution in [1.29, 1.82) is 0 Å². The molecule has 0 atom stereocenters. The molecule has 0 saturated heterocycles. The van der Waals surface area contributed by atoms with E-state index < -0.39 is 17.6 Å². The maximum Gasteiger partial charge on any atom is 0.417 e. The van der Waals surface area contributed by atoms with Crippen LogP contribution in [0.1, 0.15) is 38.5 Å². The van der Waals surface area contributed by atoms with E-state index in [0.29, 0.717) is 37.9 Å². The highest BCUT2D eigenvalue weighted by Gasteiger charge is 2.40. The lowest BCUT2D eigenvalue weighted by Crippen LogP contribution is -2.25. The summed E-state index contributed by atoms with van der Waals surface area (Å²) in [5.41, 5.74) is 7.96. The third-order valence-corrected chi connectivity index (χ3v) is 6.85. The third kappa shape index (κ3) is 3.33. The number of hydrogen-bond donors (Lipinski definition) is 3. The zero-order chi connectivity index (χ0) is 21.8. The number of anilines is 1. The number of nitrogens with two attached hydrogens (primary N) is 1. The normalized spacial score (nSPS) is 13.8. The van der Waals surface area contributed by atoms with Gasteiger partial charge < -0.3 is 16.0 Å². The number of benzene rings is 1. The summed E-state index contributed by atoms with van der Waals surface area (Å²) in [5.74, 6) is -0.478. The molecule has 0 unspecified atom stereocenters. The minimum absolute atomic E-state index is 0.0793. The summed E-state index contributed by atoms with van der Waals surface area (Å²) in [4.78, 5) is 20.6. The molecule has 4 N–H and O–H groups in total. The van der Waals surface area contributed by atoms with Gasteiger partial charge in [0, 0.05) is 34.7 Å². The molecule has 160 valence electrons. The predicted molar refractivity (Wildman–Crippen MR) is 115 cm³/mol. The van der Waals surface area contributed by atoms with Crippen LogP contribution in [0.2, 0.25) is 0 Å². The van der Waals surface area contributed by atoms with Gasteiger partial charge in [0.25, 0.3) is 5.91 Å². The molecular formula is C22H19F3N4OS. The summed E-state index contributed by atoms with van der Waals surface area (Å²) in [6, 6.07) is 7.85. The van der Waals surface area contributed by atoms with Crippen LogP contribution in [0, 0.1) is 0 Å². The van der Waals surface area contributed by atoms with Crippen LogP contribution in [0.5, 0.6) is 0 Å². The first-order chi connectivity index (χ1) is 14.8. The summed E-state index contributed by atoms with van der Waals surface area (Å²) in [7, 11) is 0. The van der Waals surface area contributed by atoms with Crippen molar-refractivity contribution >= 4 is 44.1 Å². The molecule has 3 heterocycles. The smallest absolute Gasteiger partial charge is 0.397 e. The van der Waals surface area contributed by atoms with E-state index in [4.69, 9.17) is 5.73 Å². The van der Waals surface area contributed by atoms with Crippen LogP contribution in [0.4, 0.5) is 18.9 Å². The van der Waals surface area contributed by atoms with Gasteiger partial charge in [-0.2, -0.15) is 13.2 Å². The van der Waals surface area contributed by atoms with Crippen molar-refractivity contribution in [3.63, 3.8) is 0 Å². The number of alkyl halides is 3. The molecule has 9 heteroatoms. The summed E-state index contributed by atoms with van der Waals surface area (Å²) in [6.07, 6.45) is -0.586. The maximum atomic E-state index is 13.9. The van der Waals surface area contributed by atoms with Gasteiger partial charge in [0.05, 0.1) is 11.3 Å². The number of aromatic nitrogens is 2. The van der Waals surface area contributed by atoms with Crippen molar-refractivity contribution in [2.75, 3.05) is 12.3 Å². The molecule has 5 nitrogen and oxygen atoms in total. The molecule has 0 aliphatic heterocycles. The van der Waals surface area contributed by atoms with Crippen molar-refractivity contribution in [3.05, 3.63) is 57.7 Å². The van der Waals surface area contributed by atoms with Crippen molar-refractivity contribution < 1.29 is 18.0 Å². The van der Waals surface area contributed by atoms with E-state index in [1.165, 1.54) is 0 Å². The molecule has 0 radical (unpaired) electrons. The molecule has 0 bridgehead atoms. The average Bonchev–Trinajstić information content (AvgIpc) is 3.43. The van der Waals surface area contributed by atoms with E-state index in [-0.39, 0.29) is 26.3 Å². The van der Waals surface area contributed by atoms with Gasteiger partial charge in [0.1, 0.15) is 9.71 Å². The summed E-state index contributed by atoms with van der Waals surface area (Å²) in [5, 5.41) is 3.72. The largest absolute Gasteiger partial charge is 0.417 e. The van der Waals surface area contributed by atoms with Gasteiger partial charge in [-0.25, -0.2) is 4.98 Å². The van der Waals surface area contributed by atoms with Gasteiger partial charge in [0.2, 0.25) is 0 Å². The quantitative estimate of drug-likeness (QED) is 0.421. The monoisotopic (exact) mass is 444 g/mol. The molecule has 1 aliphatic carbocycles. The number of halogens is 3. The maximum absolute atomic E-state index is 13.9. The Morgan fingerprint density at radius 3 is 2.87 bits per heavy atom. The van der Waals surface area contributed by atoms with Gasteiger partial charge in [-0.05, 0) is 42.9 Å². The Labute approximate surface area is 179 Å². The van der Waals surface area contributed by atoms with Crippen LogP contribution in [0.3, 0.4) is 0 Å². The number of nitrogens with zero attached hydrogens (tertiary/aromatic N) is 1. The Bertz CT molecular complexity index is 1320. The fourth-order valence-corrected chi connectivity index (χ4v) is 5.40. The highest BCUT2D eigenvalue weighted by atomic mass is 32.1. The molecule has 4 aromatic rings. The minimum atomic E-state index is -4.55. The molecular weight excluding hydrogens is 425 g/mol. The zero-order valence-electron chi connectivity index (χ0n) is 16.4. The number of aromatic amines is 1. The summed E-state index contributed by atoms with van der Waals surface area (Å²) in [6.45, 7) is 0.338. The highest BCUT2D eigenvalue weighted by Crippen LogP contribution is 2.46. The van der Waals surface area contributed by atoms with Crippen LogP contribution in [-0.2, 0) is 25.4 Å². The lowest BCUT2D eigenvalue weighted by molar-refractivity contribution is -0.136. The minimum Gasteiger partial charge on any atom is -0.397 e. The van der Waals surface area contributed by atoms with Crippen LogP contribution < -0.4 is 11.1 Å². The zero-order valence-corrected chi connectivity index (χ0v) is 17.2. The summed E-state index contributed by atoms with van der Waals surface area (Å²) < 4.78 is 41.6. The molecule has 1 amide bonds. The van der Waals surface area contributed by atoms with Crippen LogP contribution in [0.25, 0.3) is 21.1 Å². The van der Waals surface area contributed by atoms with E-state index in [1.54, 1.807) is 0 Å². The molecule has 5 rings (SSSR count).